The van der Waals surface area contributed by atoms with Gasteiger partial charge in [-0.3, -0.25) is 10.1 Å². The summed E-state index contributed by atoms with van der Waals surface area (Å²) in [5, 5.41) is 15.7. The topological polar surface area (TPSA) is 92.7 Å². The summed E-state index contributed by atoms with van der Waals surface area (Å²) < 4.78 is 0. The third-order valence-corrected chi connectivity index (χ3v) is 5.35. The van der Waals surface area contributed by atoms with E-state index in [0.29, 0.717) is 22.3 Å². The SMILES string of the molecule is CCCc1nnc(NC(=O)c2cccc(Nc3cc(-c4ccccc4)nc(C)n3)c2)s1. The minimum Gasteiger partial charge on any atom is -0.340 e. The molecule has 0 bridgehead atoms. The summed E-state index contributed by atoms with van der Waals surface area (Å²) in [6.07, 6.45) is 1.85. The summed E-state index contributed by atoms with van der Waals surface area (Å²) in [4.78, 5) is 21.7. The highest BCUT2D eigenvalue weighted by Crippen LogP contribution is 2.23. The minimum absolute atomic E-state index is 0.230. The molecule has 0 aliphatic carbocycles. The number of nitrogens with zero attached hydrogens (tertiary/aromatic N) is 4. The molecule has 7 nitrogen and oxygen atoms in total. The van der Waals surface area contributed by atoms with Crippen LogP contribution in [0.3, 0.4) is 0 Å². The third kappa shape index (κ3) is 5.29. The lowest BCUT2D eigenvalue weighted by molar-refractivity contribution is 0.102. The molecule has 0 spiro atoms. The molecule has 156 valence electrons. The van der Waals surface area contributed by atoms with Crippen LogP contribution in [0.25, 0.3) is 11.3 Å². The van der Waals surface area contributed by atoms with Gasteiger partial charge in [0.25, 0.3) is 5.91 Å². The molecule has 0 fully saturated rings. The molecule has 2 aromatic heterocycles. The Morgan fingerprint density at radius 3 is 2.65 bits per heavy atom. The van der Waals surface area contributed by atoms with Crippen LogP contribution in [0.1, 0.15) is 34.5 Å². The summed E-state index contributed by atoms with van der Waals surface area (Å²) in [6.45, 7) is 3.94. The number of hydrogen-bond donors (Lipinski definition) is 2. The van der Waals surface area contributed by atoms with Crippen LogP contribution in [-0.4, -0.2) is 26.1 Å². The van der Waals surface area contributed by atoms with Crippen molar-refractivity contribution in [1.29, 1.82) is 0 Å². The highest BCUT2D eigenvalue weighted by molar-refractivity contribution is 7.15. The molecule has 1 amide bonds. The molecule has 0 atom stereocenters. The van der Waals surface area contributed by atoms with Crippen molar-refractivity contribution < 1.29 is 4.79 Å². The number of nitrogens with one attached hydrogen (secondary N) is 2. The van der Waals surface area contributed by atoms with E-state index in [4.69, 9.17) is 0 Å². The lowest BCUT2D eigenvalue weighted by Crippen LogP contribution is -2.12. The molecule has 4 rings (SSSR count). The van der Waals surface area contributed by atoms with Crippen LogP contribution < -0.4 is 10.6 Å². The summed E-state index contributed by atoms with van der Waals surface area (Å²) in [6, 6.07) is 19.1. The second-order valence-electron chi connectivity index (χ2n) is 6.96. The molecule has 0 aliphatic heterocycles. The molecule has 8 heteroatoms. The lowest BCUT2D eigenvalue weighted by Gasteiger charge is -2.10. The highest BCUT2D eigenvalue weighted by Gasteiger charge is 2.11. The van der Waals surface area contributed by atoms with Gasteiger partial charge in [-0.15, -0.1) is 10.2 Å². The molecule has 31 heavy (non-hydrogen) atoms. The van der Waals surface area contributed by atoms with E-state index < -0.39 is 0 Å². The monoisotopic (exact) mass is 430 g/mol. The normalized spacial score (nSPS) is 10.6. The van der Waals surface area contributed by atoms with Crippen LogP contribution in [0.2, 0.25) is 0 Å². The molecular formula is C23H22N6OS. The average molecular weight is 431 g/mol. The van der Waals surface area contributed by atoms with Gasteiger partial charge in [0.15, 0.2) is 0 Å². The summed E-state index contributed by atoms with van der Waals surface area (Å²) in [7, 11) is 0. The molecule has 0 saturated carbocycles. The van der Waals surface area contributed by atoms with Gasteiger partial charge < -0.3 is 5.32 Å². The third-order valence-electron chi connectivity index (χ3n) is 4.46. The second kappa shape index (κ2) is 9.44. The number of aromatic nitrogens is 4. The average Bonchev–Trinajstić information content (AvgIpc) is 3.21. The van der Waals surface area contributed by atoms with Crippen molar-refractivity contribution in [3.8, 4) is 11.3 Å². The van der Waals surface area contributed by atoms with Crippen molar-refractivity contribution in [2.45, 2.75) is 26.7 Å². The second-order valence-corrected chi connectivity index (χ2v) is 8.02. The first-order valence-electron chi connectivity index (χ1n) is 10.0. The summed E-state index contributed by atoms with van der Waals surface area (Å²) >= 11 is 1.40. The Morgan fingerprint density at radius 2 is 1.84 bits per heavy atom. The Hall–Kier alpha value is -3.65. The molecule has 0 radical (unpaired) electrons. The fourth-order valence-electron chi connectivity index (χ4n) is 3.06. The van der Waals surface area contributed by atoms with Gasteiger partial charge in [-0.2, -0.15) is 0 Å². The van der Waals surface area contributed by atoms with E-state index in [-0.39, 0.29) is 5.91 Å². The number of aryl methyl sites for hydroxylation is 2. The standard InChI is InChI=1S/C23H22N6OS/c1-3-8-21-28-29-23(31-21)27-22(30)17-11-7-12-18(13-17)26-20-14-19(24-15(2)25-20)16-9-5-4-6-10-16/h4-7,9-14H,3,8H2,1-2H3,(H,24,25,26)(H,27,29,30). The van der Waals surface area contributed by atoms with Crippen molar-refractivity contribution in [3.05, 3.63) is 77.1 Å². The van der Waals surface area contributed by atoms with Crippen molar-refractivity contribution in [1.82, 2.24) is 20.2 Å². The Balaban J connectivity index is 1.51. The van der Waals surface area contributed by atoms with Gasteiger partial charge in [-0.1, -0.05) is 54.7 Å². The smallest absolute Gasteiger partial charge is 0.257 e. The Labute approximate surface area is 184 Å². The quantitative estimate of drug-likeness (QED) is 0.416. The fraction of sp³-hybridized carbons (Fsp3) is 0.174. The summed E-state index contributed by atoms with van der Waals surface area (Å²) in [5.74, 6) is 1.10. The predicted octanol–water partition coefficient (Wildman–Crippen LogP) is 5.25. The summed E-state index contributed by atoms with van der Waals surface area (Å²) in [5.41, 5.74) is 3.13. The van der Waals surface area contributed by atoms with Crippen molar-refractivity contribution in [2.75, 3.05) is 10.6 Å². The van der Waals surface area contributed by atoms with Crippen LogP contribution in [-0.2, 0) is 6.42 Å². The van der Waals surface area contributed by atoms with E-state index in [1.54, 1.807) is 12.1 Å². The lowest BCUT2D eigenvalue weighted by atomic mass is 10.1. The van der Waals surface area contributed by atoms with Crippen molar-refractivity contribution in [3.63, 3.8) is 0 Å². The van der Waals surface area contributed by atoms with Gasteiger partial charge in [-0.05, 0) is 31.5 Å². The molecule has 2 aromatic carbocycles. The number of carbonyl (C=O) groups is 1. The number of carbonyl (C=O) groups excluding carboxylic acids is 1. The molecule has 0 saturated heterocycles. The van der Waals surface area contributed by atoms with Crippen LogP contribution in [0.15, 0.2) is 60.7 Å². The maximum atomic E-state index is 12.7. The molecular weight excluding hydrogens is 408 g/mol. The predicted molar refractivity (Wildman–Crippen MR) is 124 cm³/mol. The zero-order chi connectivity index (χ0) is 21.6. The molecule has 2 N–H and O–H groups in total. The maximum absolute atomic E-state index is 12.7. The largest absolute Gasteiger partial charge is 0.340 e. The number of benzene rings is 2. The fourth-order valence-corrected chi connectivity index (χ4v) is 3.90. The van der Waals surface area contributed by atoms with Gasteiger partial charge in [0.2, 0.25) is 5.13 Å². The first kappa shape index (κ1) is 20.6. The number of rotatable bonds is 7. The minimum atomic E-state index is -0.230. The van der Waals surface area contributed by atoms with Gasteiger partial charge in [0.05, 0.1) is 5.69 Å². The van der Waals surface area contributed by atoms with Gasteiger partial charge >= 0.3 is 0 Å². The molecule has 4 aromatic rings. The maximum Gasteiger partial charge on any atom is 0.257 e. The van der Waals surface area contributed by atoms with Crippen LogP contribution in [0.5, 0.6) is 0 Å². The van der Waals surface area contributed by atoms with Gasteiger partial charge in [0, 0.05) is 29.3 Å². The highest BCUT2D eigenvalue weighted by atomic mass is 32.1. The van der Waals surface area contributed by atoms with Gasteiger partial charge in [0.1, 0.15) is 16.6 Å². The van der Waals surface area contributed by atoms with Crippen molar-refractivity contribution >= 4 is 33.9 Å². The van der Waals surface area contributed by atoms with Crippen LogP contribution in [0.4, 0.5) is 16.6 Å². The molecule has 0 unspecified atom stereocenters. The molecule has 2 heterocycles. The number of amides is 1. The zero-order valence-electron chi connectivity index (χ0n) is 17.3. The van der Waals surface area contributed by atoms with E-state index in [1.165, 1.54) is 11.3 Å². The molecule has 0 aliphatic rings. The number of anilines is 3. The van der Waals surface area contributed by atoms with E-state index in [2.05, 4.69) is 37.7 Å². The van der Waals surface area contributed by atoms with Crippen molar-refractivity contribution in [2.24, 2.45) is 0 Å². The van der Waals surface area contributed by atoms with E-state index >= 15 is 0 Å². The first-order valence-corrected chi connectivity index (χ1v) is 10.8. The van der Waals surface area contributed by atoms with E-state index in [9.17, 15) is 4.79 Å². The van der Waals surface area contributed by atoms with Gasteiger partial charge in [-0.25, -0.2) is 9.97 Å². The Morgan fingerprint density at radius 1 is 1.00 bits per heavy atom. The number of hydrogen-bond acceptors (Lipinski definition) is 7. The van der Waals surface area contributed by atoms with Crippen LogP contribution in [0, 0.1) is 6.92 Å². The van der Waals surface area contributed by atoms with Crippen LogP contribution >= 0.6 is 11.3 Å². The first-order chi connectivity index (χ1) is 15.1. The Kier molecular flexibility index (Phi) is 6.28. The Bertz CT molecular complexity index is 1190. The van der Waals surface area contributed by atoms with E-state index in [1.807, 2.05) is 55.5 Å². The van der Waals surface area contributed by atoms with E-state index in [0.717, 1.165) is 34.8 Å². The zero-order valence-corrected chi connectivity index (χ0v) is 18.1.